The number of carbonyl (C=O) groups is 1. The molecule has 0 bridgehead atoms. The van der Waals surface area contributed by atoms with Gasteiger partial charge in [0.1, 0.15) is 11.5 Å². The van der Waals surface area contributed by atoms with Gasteiger partial charge in [0.15, 0.2) is 0 Å². The van der Waals surface area contributed by atoms with Crippen LogP contribution in [-0.2, 0) is 28.0 Å². The maximum Gasteiger partial charge on any atom is 0.142 e. The fraction of sp³-hybridized carbons (Fsp3) is 0.381. The number of nitrogens with zero attached hydrogens (tertiary/aromatic N) is 5. The molecule has 1 fully saturated rings. The lowest BCUT2D eigenvalue weighted by Crippen LogP contribution is -2.39. The molecule has 0 spiro atoms. The van der Waals surface area contributed by atoms with Crippen molar-refractivity contribution in [1.82, 2.24) is 24.3 Å². The molecule has 2 aromatic heterocycles. The van der Waals surface area contributed by atoms with Crippen LogP contribution in [0.4, 0.5) is 0 Å². The zero-order chi connectivity index (χ0) is 20.6. The minimum Gasteiger partial charge on any atom is -0.299 e. The normalized spacial score (nSPS) is 18.0. The van der Waals surface area contributed by atoms with E-state index in [-0.39, 0.29) is 11.7 Å². The van der Waals surface area contributed by atoms with E-state index in [9.17, 15) is 9.00 Å². The van der Waals surface area contributed by atoms with Gasteiger partial charge in [0.2, 0.25) is 0 Å². The number of hydrogen-bond acceptors (Lipinski definition) is 5. The number of benzene rings is 1. The third-order valence-corrected chi connectivity index (χ3v) is 6.95. The highest BCUT2D eigenvalue weighted by molar-refractivity contribution is 7.97. The van der Waals surface area contributed by atoms with E-state index in [1.165, 1.54) is 0 Å². The van der Waals surface area contributed by atoms with Crippen LogP contribution in [-0.4, -0.2) is 59.5 Å². The molecule has 1 aliphatic heterocycles. The summed E-state index contributed by atoms with van der Waals surface area (Å²) in [5.74, 6) is 3.94. The second kappa shape index (κ2) is 7.68. The van der Waals surface area contributed by atoms with Crippen LogP contribution in [0, 0.1) is 5.92 Å². The molecule has 1 unspecified atom stereocenters. The first-order valence-electron chi connectivity index (χ1n) is 9.65. The molecule has 1 atom stereocenters. The van der Waals surface area contributed by atoms with E-state index in [1.807, 2.05) is 41.9 Å². The first kappa shape index (κ1) is 19.7. The summed E-state index contributed by atoms with van der Waals surface area (Å²) in [5, 5.41) is 10.2. The predicted molar refractivity (Wildman–Crippen MR) is 116 cm³/mol. The predicted octanol–water partition coefficient (Wildman–Crippen LogP) is 2.12. The first-order valence-corrected chi connectivity index (χ1v) is 11.7. The third kappa shape index (κ3) is 4.38. The van der Waals surface area contributed by atoms with Gasteiger partial charge in [-0.3, -0.25) is 18.7 Å². The first-order chi connectivity index (χ1) is 13.8. The smallest absolute Gasteiger partial charge is 0.142 e. The van der Waals surface area contributed by atoms with E-state index in [0.717, 1.165) is 40.6 Å². The summed E-state index contributed by atoms with van der Waals surface area (Å²) in [6, 6.07) is 8.05. The Morgan fingerprint density at radius 2 is 2.00 bits per heavy atom. The zero-order valence-corrected chi connectivity index (χ0v) is 17.6. The van der Waals surface area contributed by atoms with Crippen molar-refractivity contribution in [2.45, 2.75) is 19.3 Å². The Bertz CT molecular complexity index is 1160. The van der Waals surface area contributed by atoms with Crippen LogP contribution in [0.1, 0.15) is 18.5 Å². The third-order valence-electron chi connectivity index (χ3n) is 5.49. The number of Topliss-reactive ketones (excluding diaryl/α,β-unsaturated/α-hetero) is 1. The van der Waals surface area contributed by atoms with Crippen molar-refractivity contribution in [2.24, 2.45) is 13.0 Å². The highest BCUT2D eigenvalue weighted by atomic mass is 32.2. The molecular weight excluding hydrogens is 386 g/mol. The van der Waals surface area contributed by atoms with Crippen molar-refractivity contribution >= 4 is 32.1 Å². The van der Waals surface area contributed by atoms with Crippen LogP contribution in [0.2, 0.25) is 0 Å². The van der Waals surface area contributed by atoms with Gasteiger partial charge in [-0.1, -0.05) is 17.3 Å². The highest BCUT2D eigenvalue weighted by Gasteiger charge is 2.27. The molecule has 0 aliphatic carbocycles. The van der Waals surface area contributed by atoms with Crippen LogP contribution in [0.25, 0.3) is 22.0 Å². The van der Waals surface area contributed by atoms with E-state index < -0.39 is 9.71 Å². The molecule has 3 heterocycles. The van der Waals surface area contributed by atoms with E-state index in [2.05, 4.69) is 27.2 Å². The average molecular weight is 412 g/mol. The van der Waals surface area contributed by atoms with Gasteiger partial charge in [-0.15, -0.1) is 5.10 Å². The Kier molecular flexibility index (Phi) is 5.23. The molecule has 152 valence electrons. The number of hydrogen-bond donors (Lipinski definition) is 0. The van der Waals surface area contributed by atoms with Crippen molar-refractivity contribution in [1.29, 1.82) is 0 Å². The summed E-state index contributed by atoms with van der Waals surface area (Å²) in [6.45, 7) is 1.31. The fourth-order valence-electron chi connectivity index (χ4n) is 3.81. The van der Waals surface area contributed by atoms with E-state index >= 15 is 0 Å². The number of carbonyl (C=O) groups excluding carboxylic acids is 1. The Hall–Kier alpha value is -2.58. The molecule has 0 radical (unpaired) electrons. The lowest BCUT2D eigenvalue weighted by atomic mass is 9.91. The molecule has 1 aromatic carbocycles. The quantitative estimate of drug-likeness (QED) is 0.601. The SMILES string of the molecule is C=S(C)(=O)N1CCC(C(=O)Cc2cc3cc(-c4cn(C)nn4)ccc3cn2)CC1. The number of piperidine rings is 1. The second-order valence-electron chi connectivity index (χ2n) is 7.82. The number of rotatable bonds is 5. The van der Waals surface area contributed by atoms with Crippen molar-refractivity contribution in [3.8, 4) is 11.3 Å². The number of aromatic nitrogens is 4. The molecule has 3 aromatic rings. The lowest BCUT2D eigenvalue weighted by molar-refractivity contribution is -0.123. The standard InChI is InChI=1S/C21H25N5O2S/c1-25-14-20(23-24-25)16-4-5-17-13-22-19(11-18(17)10-16)12-21(27)15-6-8-26(9-7-15)29(2,3)28/h4-5,10-11,13-15H,2,6-9,12H2,1,3H3. The molecule has 1 aliphatic rings. The second-order valence-corrected chi connectivity index (χ2v) is 10.3. The van der Waals surface area contributed by atoms with Gasteiger partial charge in [-0.05, 0) is 36.2 Å². The molecule has 7 nitrogen and oxygen atoms in total. The Labute approximate surface area is 170 Å². The molecule has 29 heavy (non-hydrogen) atoms. The van der Waals surface area contributed by atoms with Crippen LogP contribution in [0.5, 0.6) is 0 Å². The molecule has 0 N–H and O–H groups in total. The highest BCUT2D eigenvalue weighted by Crippen LogP contribution is 2.25. The van der Waals surface area contributed by atoms with Gasteiger partial charge >= 0.3 is 0 Å². The maximum absolute atomic E-state index is 12.8. The summed E-state index contributed by atoms with van der Waals surface area (Å²) in [4.78, 5) is 17.3. The topological polar surface area (TPSA) is 81.0 Å². The van der Waals surface area contributed by atoms with Gasteiger partial charge in [0.05, 0.1) is 6.20 Å². The van der Waals surface area contributed by atoms with E-state index in [0.29, 0.717) is 19.5 Å². The summed E-state index contributed by atoms with van der Waals surface area (Å²) in [5.41, 5.74) is 2.57. The minimum atomic E-state index is -2.19. The number of aryl methyl sites for hydroxylation is 1. The van der Waals surface area contributed by atoms with Gasteiger partial charge in [-0.2, -0.15) is 0 Å². The van der Waals surface area contributed by atoms with Gasteiger partial charge in [0, 0.05) is 71.3 Å². The van der Waals surface area contributed by atoms with Crippen molar-refractivity contribution in [3.05, 3.63) is 42.4 Å². The van der Waals surface area contributed by atoms with Crippen molar-refractivity contribution in [3.63, 3.8) is 0 Å². The van der Waals surface area contributed by atoms with E-state index in [1.54, 1.807) is 10.9 Å². The summed E-state index contributed by atoms with van der Waals surface area (Å²) in [7, 11) is -0.346. The van der Waals surface area contributed by atoms with Crippen LogP contribution in [0.3, 0.4) is 0 Å². The van der Waals surface area contributed by atoms with Crippen LogP contribution in [0.15, 0.2) is 36.7 Å². The fourth-order valence-corrected chi connectivity index (χ4v) is 4.79. The Morgan fingerprint density at radius 1 is 1.24 bits per heavy atom. The van der Waals surface area contributed by atoms with E-state index in [4.69, 9.17) is 0 Å². The van der Waals surface area contributed by atoms with Gasteiger partial charge in [0.25, 0.3) is 0 Å². The van der Waals surface area contributed by atoms with Crippen LogP contribution >= 0.6 is 0 Å². The summed E-state index contributed by atoms with van der Waals surface area (Å²) in [6.07, 6.45) is 7.12. The van der Waals surface area contributed by atoms with Gasteiger partial charge < -0.3 is 0 Å². The molecule has 0 amide bonds. The Balaban J connectivity index is 1.48. The zero-order valence-electron chi connectivity index (χ0n) is 16.7. The lowest BCUT2D eigenvalue weighted by Gasteiger charge is -2.31. The maximum atomic E-state index is 12.8. The minimum absolute atomic E-state index is 0.00331. The summed E-state index contributed by atoms with van der Waals surface area (Å²) >= 11 is 0. The molecule has 0 saturated carbocycles. The monoisotopic (exact) mass is 411 g/mol. The Morgan fingerprint density at radius 3 is 2.66 bits per heavy atom. The van der Waals surface area contributed by atoms with Crippen molar-refractivity contribution < 1.29 is 9.00 Å². The largest absolute Gasteiger partial charge is 0.299 e. The average Bonchev–Trinajstić information content (AvgIpc) is 3.13. The number of pyridine rings is 1. The number of ketones is 1. The number of fused-ring (bicyclic) bond motifs is 1. The molecule has 8 heteroatoms. The molecule has 4 rings (SSSR count). The van der Waals surface area contributed by atoms with Gasteiger partial charge in [-0.25, -0.2) is 4.31 Å². The van der Waals surface area contributed by atoms with Crippen molar-refractivity contribution in [2.75, 3.05) is 19.3 Å². The van der Waals surface area contributed by atoms with Crippen LogP contribution < -0.4 is 0 Å². The molecular formula is C21H25N5O2S. The summed E-state index contributed by atoms with van der Waals surface area (Å²) < 4.78 is 15.6. The molecule has 1 saturated heterocycles.